The van der Waals surface area contributed by atoms with Crippen LogP contribution in [-0.2, 0) is 10.1 Å². The summed E-state index contributed by atoms with van der Waals surface area (Å²) in [6.45, 7) is 1.58. The molecule has 1 aromatic carbocycles. The van der Waals surface area contributed by atoms with Gasteiger partial charge in [-0.2, -0.15) is 21.6 Å². The van der Waals surface area contributed by atoms with E-state index < -0.39 is 32.3 Å². The molecule has 1 rings (SSSR count). The van der Waals surface area contributed by atoms with Gasteiger partial charge in [0, 0.05) is 6.42 Å². The summed E-state index contributed by atoms with van der Waals surface area (Å²) in [5.41, 5.74) is 0.370. The van der Waals surface area contributed by atoms with Crippen LogP contribution in [0, 0.1) is 6.92 Å². The van der Waals surface area contributed by atoms with E-state index in [1.54, 1.807) is 6.92 Å². The van der Waals surface area contributed by atoms with Crippen molar-refractivity contribution in [2.24, 2.45) is 0 Å². The first-order valence-corrected chi connectivity index (χ1v) is 9.01. The van der Waals surface area contributed by atoms with Gasteiger partial charge in [-0.1, -0.05) is 29.3 Å². The van der Waals surface area contributed by atoms with Crippen LogP contribution in [0.2, 0.25) is 0 Å². The van der Waals surface area contributed by atoms with Crippen LogP contribution in [0.15, 0.2) is 16.6 Å². The third-order valence-electron chi connectivity index (χ3n) is 2.99. The third-order valence-corrected chi connectivity index (χ3v) is 5.72. The monoisotopic (exact) mass is 458 g/mol. The molecule has 132 valence electrons. The van der Waals surface area contributed by atoms with Crippen LogP contribution >= 0.6 is 39.1 Å². The average Bonchev–Trinajstić information content (AvgIpc) is 2.36. The molecule has 1 aromatic rings. The van der Waals surface area contributed by atoms with Gasteiger partial charge in [0.2, 0.25) is 4.33 Å². The van der Waals surface area contributed by atoms with Crippen molar-refractivity contribution in [3.63, 3.8) is 0 Å². The van der Waals surface area contributed by atoms with Gasteiger partial charge in [-0.15, -0.1) is 0 Å². The van der Waals surface area contributed by atoms with E-state index in [2.05, 4.69) is 15.9 Å². The maximum absolute atomic E-state index is 12.8. The normalized spacial score (nSPS) is 14.7. The van der Waals surface area contributed by atoms with Gasteiger partial charge < -0.3 is 4.74 Å². The van der Waals surface area contributed by atoms with Gasteiger partial charge in [0.25, 0.3) is 10.1 Å². The van der Waals surface area contributed by atoms with Gasteiger partial charge in [-0.3, -0.25) is 4.55 Å². The van der Waals surface area contributed by atoms with Gasteiger partial charge in [-0.25, -0.2) is 0 Å². The Labute approximate surface area is 149 Å². The summed E-state index contributed by atoms with van der Waals surface area (Å²) in [6, 6.07) is 2.83. The fraction of sp³-hybridized carbons (Fsp3) is 0.500. The van der Waals surface area contributed by atoms with Gasteiger partial charge in [0.15, 0.2) is 0 Å². The molecule has 0 amide bonds. The van der Waals surface area contributed by atoms with Crippen LogP contribution in [0.5, 0.6) is 5.75 Å². The fourth-order valence-corrected chi connectivity index (χ4v) is 4.15. The maximum atomic E-state index is 12.8. The first kappa shape index (κ1) is 20.8. The summed E-state index contributed by atoms with van der Waals surface area (Å²) in [6.07, 6.45) is -6.37. The summed E-state index contributed by atoms with van der Waals surface area (Å²) in [7, 11) is -3.63. The Morgan fingerprint density at radius 2 is 1.87 bits per heavy atom. The Hall–Kier alpha value is -0.220. The molecule has 0 aliphatic heterocycles. The van der Waals surface area contributed by atoms with Crippen LogP contribution in [-0.4, -0.2) is 30.6 Å². The van der Waals surface area contributed by atoms with Crippen LogP contribution < -0.4 is 4.74 Å². The van der Waals surface area contributed by atoms with Crippen molar-refractivity contribution >= 4 is 49.2 Å². The highest BCUT2D eigenvalue weighted by atomic mass is 79.9. The largest absolute Gasteiger partial charge is 0.496 e. The second kappa shape index (κ2) is 6.95. The van der Waals surface area contributed by atoms with E-state index in [4.69, 9.17) is 27.9 Å². The van der Waals surface area contributed by atoms with Crippen LogP contribution in [0.4, 0.5) is 13.2 Å². The van der Waals surface area contributed by atoms with E-state index in [1.807, 2.05) is 0 Å². The molecule has 0 aliphatic carbocycles. The standard InChI is InChI=1S/C12H12BrCl2F3O4S/c1-6-3-7(10(13)8(4-6)22-2)9(23(19,20)21)5-11(14,15)12(16,17)18/h3-4,9H,5H2,1-2H3,(H,19,20,21). The molecule has 4 nitrogen and oxygen atoms in total. The molecule has 0 radical (unpaired) electrons. The number of hydrogen-bond acceptors (Lipinski definition) is 3. The number of hydrogen-bond donors (Lipinski definition) is 1. The average molecular weight is 460 g/mol. The van der Waals surface area contributed by atoms with Crippen molar-refractivity contribution < 1.29 is 30.9 Å². The van der Waals surface area contributed by atoms with Gasteiger partial charge in [0.1, 0.15) is 11.0 Å². The molecule has 0 saturated heterocycles. The molecule has 0 aromatic heterocycles. The lowest BCUT2D eigenvalue weighted by Gasteiger charge is -2.27. The molecular weight excluding hydrogens is 448 g/mol. The van der Waals surface area contributed by atoms with Crippen molar-refractivity contribution in [3.8, 4) is 5.75 Å². The number of halogens is 6. The Balaban J connectivity index is 3.50. The lowest BCUT2D eigenvalue weighted by Crippen LogP contribution is -2.37. The predicted octanol–water partition coefficient (Wildman–Crippen LogP) is 4.82. The number of alkyl halides is 5. The lowest BCUT2D eigenvalue weighted by molar-refractivity contribution is -0.142. The zero-order valence-corrected chi connectivity index (χ0v) is 15.7. The molecule has 0 spiro atoms. The van der Waals surface area contributed by atoms with Crippen LogP contribution in [0.1, 0.15) is 22.8 Å². The molecule has 0 fully saturated rings. The van der Waals surface area contributed by atoms with Crippen molar-refractivity contribution in [2.75, 3.05) is 7.11 Å². The predicted molar refractivity (Wildman–Crippen MR) is 84.8 cm³/mol. The Bertz CT molecular complexity index is 692. The van der Waals surface area contributed by atoms with E-state index in [1.165, 1.54) is 19.2 Å². The number of aryl methyl sites for hydroxylation is 1. The molecular formula is C12H12BrCl2F3O4S. The molecule has 0 saturated carbocycles. The van der Waals surface area contributed by atoms with E-state index in [9.17, 15) is 26.1 Å². The number of methoxy groups -OCH3 is 1. The zero-order valence-electron chi connectivity index (χ0n) is 11.8. The molecule has 0 heterocycles. The topological polar surface area (TPSA) is 63.6 Å². The van der Waals surface area contributed by atoms with Crippen LogP contribution in [0.25, 0.3) is 0 Å². The number of benzene rings is 1. The molecule has 1 unspecified atom stereocenters. The summed E-state index contributed by atoms with van der Waals surface area (Å²) in [4.78, 5) is 0. The van der Waals surface area contributed by atoms with Crippen molar-refractivity contribution in [2.45, 2.75) is 29.1 Å². The van der Waals surface area contributed by atoms with E-state index in [-0.39, 0.29) is 15.8 Å². The summed E-state index contributed by atoms with van der Waals surface area (Å²) in [5.74, 6) is 0.190. The van der Waals surface area contributed by atoms with Crippen molar-refractivity contribution in [1.82, 2.24) is 0 Å². The molecule has 1 atom stereocenters. The first-order valence-electron chi connectivity index (χ1n) is 5.95. The highest BCUT2D eigenvalue weighted by Crippen LogP contribution is 2.49. The number of rotatable bonds is 5. The summed E-state index contributed by atoms with van der Waals surface area (Å²) in [5, 5.41) is -2.00. The molecule has 0 aliphatic rings. The minimum atomic E-state index is -5.08. The van der Waals surface area contributed by atoms with Crippen LogP contribution in [0.3, 0.4) is 0 Å². The molecule has 11 heteroatoms. The molecule has 23 heavy (non-hydrogen) atoms. The second-order valence-corrected chi connectivity index (χ2v) is 8.66. The van der Waals surface area contributed by atoms with Gasteiger partial charge in [0.05, 0.1) is 11.6 Å². The Morgan fingerprint density at radius 3 is 2.26 bits per heavy atom. The molecule has 0 bridgehead atoms. The summed E-state index contributed by atoms with van der Waals surface area (Å²) >= 11 is 13.6. The van der Waals surface area contributed by atoms with Crippen molar-refractivity contribution in [3.05, 3.63) is 27.7 Å². The summed E-state index contributed by atoms with van der Waals surface area (Å²) < 4.78 is 72.9. The van der Waals surface area contributed by atoms with Gasteiger partial charge >= 0.3 is 6.18 Å². The zero-order chi connectivity index (χ0) is 18.2. The van der Waals surface area contributed by atoms with E-state index >= 15 is 0 Å². The number of ether oxygens (including phenoxy) is 1. The first-order chi connectivity index (χ1) is 10.2. The fourth-order valence-electron chi connectivity index (χ4n) is 1.87. The smallest absolute Gasteiger partial charge is 0.421 e. The quantitative estimate of drug-likeness (QED) is 0.506. The maximum Gasteiger partial charge on any atom is 0.421 e. The second-order valence-electron chi connectivity index (χ2n) is 4.78. The highest BCUT2D eigenvalue weighted by molar-refractivity contribution is 9.10. The minimum absolute atomic E-state index is 0.0829. The highest BCUT2D eigenvalue weighted by Gasteiger charge is 2.55. The van der Waals surface area contributed by atoms with Crippen molar-refractivity contribution in [1.29, 1.82) is 0 Å². The minimum Gasteiger partial charge on any atom is -0.496 e. The lowest BCUT2D eigenvalue weighted by atomic mass is 10.0. The van der Waals surface area contributed by atoms with Gasteiger partial charge in [-0.05, 0) is 40.0 Å². The SMILES string of the molecule is COc1cc(C)cc(C(CC(Cl)(Cl)C(F)(F)F)S(=O)(=O)O)c1Br. The molecule has 1 N–H and O–H groups in total. The Kier molecular flexibility index (Phi) is 6.29. The van der Waals surface area contributed by atoms with E-state index in [0.29, 0.717) is 5.56 Å². The Morgan fingerprint density at radius 1 is 1.35 bits per heavy atom. The van der Waals surface area contributed by atoms with E-state index in [0.717, 1.165) is 0 Å². The third kappa shape index (κ3) is 4.88.